The molecule has 0 spiro atoms. The van der Waals surface area contributed by atoms with Crippen molar-refractivity contribution < 1.29 is 17.6 Å². The highest BCUT2D eigenvalue weighted by Gasteiger charge is 2.34. The van der Waals surface area contributed by atoms with Crippen molar-refractivity contribution in [3.05, 3.63) is 29.6 Å². The normalized spacial score (nSPS) is 21.1. The number of rotatable bonds is 3. The lowest BCUT2D eigenvalue weighted by molar-refractivity contribution is -0.139. The van der Waals surface area contributed by atoms with Crippen LogP contribution in [0.2, 0.25) is 0 Å². The molecule has 0 aromatic heterocycles. The van der Waals surface area contributed by atoms with Gasteiger partial charge in [-0.1, -0.05) is 6.92 Å². The molecule has 21 heavy (non-hydrogen) atoms. The van der Waals surface area contributed by atoms with Crippen LogP contribution < -0.4 is 5.32 Å². The molecule has 1 N–H and O–H groups in total. The zero-order valence-electron chi connectivity index (χ0n) is 12.0. The molecule has 0 saturated carbocycles. The molecule has 1 aromatic carbocycles. The van der Waals surface area contributed by atoms with Gasteiger partial charge in [-0.2, -0.15) is 13.2 Å². The maximum Gasteiger partial charge on any atom is 0.419 e. The monoisotopic (exact) mass is 304 g/mol. The van der Waals surface area contributed by atoms with Gasteiger partial charge >= 0.3 is 6.18 Å². The summed E-state index contributed by atoms with van der Waals surface area (Å²) in [5.41, 5.74) is -0.880. The van der Waals surface area contributed by atoms with Crippen molar-refractivity contribution >= 4 is 5.69 Å². The third-order valence-electron chi connectivity index (χ3n) is 3.91. The van der Waals surface area contributed by atoms with Crippen LogP contribution in [0.3, 0.4) is 0 Å². The zero-order valence-corrected chi connectivity index (χ0v) is 12.0. The molecule has 1 aliphatic heterocycles. The summed E-state index contributed by atoms with van der Waals surface area (Å²) in [6.07, 6.45) is -1.86. The summed E-state index contributed by atoms with van der Waals surface area (Å²) in [6, 6.07) is 3.23. The van der Waals surface area contributed by atoms with E-state index >= 15 is 0 Å². The van der Waals surface area contributed by atoms with Crippen LogP contribution in [0.1, 0.15) is 31.7 Å². The van der Waals surface area contributed by atoms with Gasteiger partial charge in [0.25, 0.3) is 0 Å². The van der Waals surface area contributed by atoms with Crippen molar-refractivity contribution in [3.8, 4) is 0 Å². The second kappa shape index (κ2) is 6.64. The Bertz CT molecular complexity index is 473. The Hall–Kier alpha value is -1.30. The predicted octanol–water partition coefficient (Wildman–Crippen LogP) is 4.13. The van der Waals surface area contributed by atoms with Crippen molar-refractivity contribution in [3.63, 3.8) is 0 Å². The standard InChI is InChI=1S/C15H20F4N2/c1-2-21-8-3-4-11(7-9-21)20-12-5-6-14(16)13(10-12)15(17,18)19/h5-6,10-11,20H,2-4,7-9H2,1H3. The van der Waals surface area contributed by atoms with E-state index in [1.165, 1.54) is 6.07 Å². The number of nitrogens with zero attached hydrogens (tertiary/aromatic N) is 1. The van der Waals surface area contributed by atoms with Crippen LogP contribution in [-0.2, 0) is 6.18 Å². The van der Waals surface area contributed by atoms with Crippen LogP contribution in [0, 0.1) is 5.82 Å². The van der Waals surface area contributed by atoms with Crippen LogP contribution in [0.4, 0.5) is 23.2 Å². The van der Waals surface area contributed by atoms with Gasteiger partial charge < -0.3 is 10.2 Å². The summed E-state index contributed by atoms with van der Waals surface area (Å²) in [5.74, 6) is -1.23. The van der Waals surface area contributed by atoms with E-state index in [4.69, 9.17) is 0 Å². The highest BCUT2D eigenvalue weighted by Crippen LogP contribution is 2.33. The number of benzene rings is 1. The molecule has 1 unspecified atom stereocenters. The average molecular weight is 304 g/mol. The Morgan fingerprint density at radius 3 is 2.67 bits per heavy atom. The highest BCUT2D eigenvalue weighted by atomic mass is 19.4. The molecule has 6 heteroatoms. The minimum Gasteiger partial charge on any atom is -0.382 e. The Labute approximate surface area is 122 Å². The largest absolute Gasteiger partial charge is 0.419 e. The molecule has 2 rings (SSSR count). The minimum absolute atomic E-state index is 0.132. The Balaban J connectivity index is 2.06. The third kappa shape index (κ3) is 4.33. The molecular formula is C15H20F4N2. The van der Waals surface area contributed by atoms with Gasteiger partial charge in [-0.05, 0) is 50.6 Å². The van der Waals surface area contributed by atoms with Gasteiger partial charge in [0.05, 0.1) is 5.56 Å². The maximum atomic E-state index is 13.3. The lowest BCUT2D eigenvalue weighted by Gasteiger charge is -2.20. The van der Waals surface area contributed by atoms with Crippen LogP contribution >= 0.6 is 0 Å². The van der Waals surface area contributed by atoms with Gasteiger partial charge in [-0.25, -0.2) is 4.39 Å². The molecule has 2 nitrogen and oxygen atoms in total. The summed E-state index contributed by atoms with van der Waals surface area (Å²) < 4.78 is 51.3. The van der Waals surface area contributed by atoms with Crippen molar-refractivity contribution in [2.75, 3.05) is 25.0 Å². The Morgan fingerprint density at radius 2 is 2.00 bits per heavy atom. The van der Waals surface area contributed by atoms with E-state index in [0.717, 1.165) is 51.0 Å². The van der Waals surface area contributed by atoms with Crippen LogP contribution in [-0.4, -0.2) is 30.6 Å². The molecule has 0 bridgehead atoms. The first-order chi connectivity index (χ1) is 9.90. The minimum atomic E-state index is -4.66. The summed E-state index contributed by atoms with van der Waals surface area (Å²) in [5, 5.41) is 3.11. The molecular weight excluding hydrogens is 284 g/mol. The van der Waals surface area contributed by atoms with E-state index in [2.05, 4.69) is 17.1 Å². The molecule has 1 aliphatic rings. The summed E-state index contributed by atoms with van der Waals surface area (Å²) >= 11 is 0. The summed E-state index contributed by atoms with van der Waals surface area (Å²) in [6.45, 7) is 5.04. The van der Waals surface area contributed by atoms with E-state index in [-0.39, 0.29) is 6.04 Å². The quantitative estimate of drug-likeness (QED) is 0.845. The van der Waals surface area contributed by atoms with E-state index in [0.29, 0.717) is 5.69 Å². The van der Waals surface area contributed by atoms with Crippen LogP contribution in [0.15, 0.2) is 18.2 Å². The van der Waals surface area contributed by atoms with Crippen molar-refractivity contribution in [1.29, 1.82) is 0 Å². The fraction of sp³-hybridized carbons (Fsp3) is 0.600. The fourth-order valence-electron chi connectivity index (χ4n) is 2.68. The molecule has 0 radical (unpaired) electrons. The van der Waals surface area contributed by atoms with Gasteiger partial charge in [-0.3, -0.25) is 0 Å². The van der Waals surface area contributed by atoms with Gasteiger partial charge in [0.1, 0.15) is 5.82 Å². The van der Waals surface area contributed by atoms with Crippen molar-refractivity contribution in [1.82, 2.24) is 4.90 Å². The van der Waals surface area contributed by atoms with E-state index in [1.807, 2.05) is 0 Å². The van der Waals surface area contributed by atoms with E-state index in [1.54, 1.807) is 0 Å². The van der Waals surface area contributed by atoms with E-state index < -0.39 is 17.6 Å². The SMILES string of the molecule is CCN1CCCC(Nc2ccc(F)c(C(F)(F)F)c2)CC1. The van der Waals surface area contributed by atoms with Crippen LogP contribution in [0.5, 0.6) is 0 Å². The smallest absolute Gasteiger partial charge is 0.382 e. The van der Waals surface area contributed by atoms with Crippen molar-refractivity contribution in [2.24, 2.45) is 0 Å². The molecule has 1 atom stereocenters. The summed E-state index contributed by atoms with van der Waals surface area (Å²) in [4.78, 5) is 2.33. The molecule has 1 aromatic rings. The number of hydrogen-bond donors (Lipinski definition) is 1. The molecule has 0 amide bonds. The molecule has 0 aliphatic carbocycles. The second-order valence-electron chi connectivity index (χ2n) is 5.40. The Kier molecular flexibility index (Phi) is 5.08. The first kappa shape index (κ1) is 16.1. The van der Waals surface area contributed by atoms with E-state index in [9.17, 15) is 17.6 Å². The lowest BCUT2D eigenvalue weighted by Crippen LogP contribution is -2.26. The lowest BCUT2D eigenvalue weighted by atomic mass is 10.1. The number of halogens is 4. The predicted molar refractivity (Wildman–Crippen MR) is 74.8 cm³/mol. The van der Waals surface area contributed by atoms with Crippen molar-refractivity contribution in [2.45, 2.75) is 38.4 Å². The molecule has 1 fully saturated rings. The number of anilines is 1. The Morgan fingerprint density at radius 1 is 1.24 bits per heavy atom. The second-order valence-corrected chi connectivity index (χ2v) is 5.40. The number of nitrogens with one attached hydrogen (secondary N) is 1. The first-order valence-corrected chi connectivity index (χ1v) is 7.25. The van der Waals surface area contributed by atoms with Gasteiger partial charge in [0, 0.05) is 18.3 Å². The average Bonchev–Trinajstić information content (AvgIpc) is 2.65. The van der Waals surface area contributed by atoms with Gasteiger partial charge in [-0.15, -0.1) is 0 Å². The van der Waals surface area contributed by atoms with Gasteiger partial charge in [0.2, 0.25) is 0 Å². The highest BCUT2D eigenvalue weighted by molar-refractivity contribution is 5.47. The number of alkyl halides is 3. The molecule has 1 heterocycles. The maximum absolute atomic E-state index is 13.3. The molecule has 118 valence electrons. The van der Waals surface area contributed by atoms with Crippen LogP contribution in [0.25, 0.3) is 0 Å². The third-order valence-corrected chi connectivity index (χ3v) is 3.91. The zero-order chi connectivity index (χ0) is 15.5. The molecule has 1 saturated heterocycles. The topological polar surface area (TPSA) is 15.3 Å². The summed E-state index contributed by atoms with van der Waals surface area (Å²) in [7, 11) is 0. The fourth-order valence-corrected chi connectivity index (χ4v) is 2.68. The van der Waals surface area contributed by atoms with Gasteiger partial charge in [0.15, 0.2) is 0 Å². The number of hydrogen-bond acceptors (Lipinski definition) is 2. The number of likely N-dealkylation sites (tertiary alicyclic amines) is 1. The first-order valence-electron chi connectivity index (χ1n) is 7.25.